The summed E-state index contributed by atoms with van der Waals surface area (Å²) in [5.41, 5.74) is 1.06. The number of aromatic nitrogens is 4. The van der Waals surface area contributed by atoms with Crippen molar-refractivity contribution in [2.24, 2.45) is 0 Å². The normalized spacial score (nSPS) is 11.8. The van der Waals surface area contributed by atoms with Gasteiger partial charge in [0.1, 0.15) is 5.52 Å². The molecule has 0 amide bonds. The third-order valence-corrected chi connectivity index (χ3v) is 2.75. The van der Waals surface area contributed by atoms with Crippen molar-refractivity contribution < 1.29 is 13.2 Å². The highest BCUT2D eigenvalue weighted by Crippen LogP contribution is 2.22. The van der Waals surface area contributed by atoms with Gasteiger partial charge in [0.05, 0.1) is 6.33 Å². The molecule has 0 radical (unpaired) electrons. The highest BCUT2D eigenvalue weighted by atomic mass is 19.4. The van der Waals surface area contributed by atoms with Gasteiger partial charge in [-0.3, -0.25) is 0 Å². The van der Waals surface area contributed by atoms with Crippen molar-refractivity contribution in [2.45, 2.75) is 32.4 Å². The number of rotatable bonds is 7. The molecule has 2 aromatic rings. The molecule has 21 heavy (non-hydrogen) atoms. The van der Waals surface area contributed by atoms with Gasteiger partial charge < -0.3 is 15.6 Å². The summed E-state index contributed by atoms with van der Waals surface area (Å²) in [6, 6.07) is 0. The summed E-state index contributed by atoms with van der Waals surface area (Å²) < 4.78 is 36.3. The quantitative estimate of drug-likeness (QED) is 0.685. The zero-order valence-electron chi connectivity index (χ0n) is 11.6. The molecule has 0 aliphatic heterocycles. The van der Waals surface area contributed by atoms with Gasteiger partial charge in [-0.05, 0) is 12.8 Å². The minimum atomic E-state index is -4.13. The number of nitrogens with zero attached hydrogens (tertiary/aromatic N) is 3. The average molecular weight is 302 g/mol. The maximum atomic E-state index is 12.1. The molecule has 0 atom stereocenters. The standard InChI is InChI=1S/C12H17F3N6/c1-2-5-17-11-20-9(8-10(21-11)19-7-18-8)16-6-3-4-12(13,14)15/h7H,2-6H2,1H3,(H3,16,17,18,19,20,21). The van der Waals surface area contributed by atoms with E-state index in [0.717, 1.165) is 6.42 Å². The minimum Gasteiger partial charge on any atom is -0.368 e. The van der Waals surface area contributed by atoms with Gasteiger partial charge in [-0.25, -0.2) is 4.98 Å². The van der Waals surface area contributed by atoms with Gasteiger partial charge in [-0.2, -0.15) is 23.1 Å². The summed E-state index contributed by atoms with van der Waals surface area (Å²) in [6.07, 6.45) is -2.58. The first-order chi connectivity index (χ1) is 9.99. The number of anilines is 2. The Hall–Kier alpha value is -2.06. The van der Waals surface area contributed by atoms with E-state index in [0.29, 0.717) is 29.5 Å². The van der Waals surface area contributed by atoms with E-state index in [1.54, 1.807) is 0 Å². The summed E-state index contributed by atoms with van der Waals surface area (Å²) in [5.74, 6) is 0.869. The monoisotopic (exact) mass is 302 g/mol. The van der Waals surface area contributed by atoms with Crippen molar-refractivity contribution in [3.8, 4) is 0 Å². The van der Waals surface area contributed by atoms with Crippen LogP contribution in [0.5, 0.6) is 0 Å². The predicted octanol–water partition coefficient (Wildman–Crippen LogP) is 2.93. The SMILES string of the molecule is CCCNc1nc(NCCCC(F)(F)F)c2[nH]cnc2n1. The first-order valence-corrected chi connectivity index (χ1v) is 6.75. The Balaban J connectivity index is 2.04. The smallest absolute Gasteiger partial charge is 0.368 e. The number of H-pyrrole nitrogens is 1. The van der Waals surface area contributed by atoms with Gasteiger partial charge in [-0.1, -0.05) is 6.92 Å². The zero-order valence-corrected chi connectivity index (χ0v) is 11.6. The number of hydrogen-bond acceptors (Lipinski definition) is 5. The van der Waals surface area contributed by atoms with Crippen molar-refractivity contribution in [1.82, 2.24) is 19.9 Å². The summed E-state index contributed by atoms with van der Waals surface area (Å²) in [4.78, 5) is 15.4. The number of halogens is 3. The number of fused-ring (bicyclic) bond motifs is 1. The largest absolute Gasteiger partial charge is 0.389 e. The number of hydrogen-bond donors (Lipinski definition) is 3. The highest BCUT2D eigenvalue weighted by Gasteiger charge is 2.25. The van der Waals surface area contributed by atoms with E-state index in [4.69, 9.17) is 0 Å². The number of imidazole rings is 1. The van der Waals surface area contributed by atoms with E-state index in [1.807, 2.05) is 6.92 Å². The van der Waals surface area contributed by atoms with E-state index < -0.39 is 12.6 Å². The summed E-state index contributed by atoms with van der Waals surface area (Å²) >= 11 is 0. The van der Waals surface area contributed by atoms with Crippen LogP contribution in [0.3, 0.4) is 0 Å². The Morgan fingerprint density at radius 1 is 1.19 bits per heavy atom. The van der Waals surface area contributed by atoms with Gasteiger partial charge in [-0.15, -0.1) is 0 Å². The molecule has 2 heterocycles. The third kappa shape index (κ3) is 4.47. The van der Waals surface area contributed by atoms with Crippen molar-refractivity contribution >= 4 is 22.9 Å². The second-order valence-electron chi connectivity index (χ2n) is 4.57. The maximum Gasteiger partial charge on any atom is 0.389 e. The molecule has 0 unspecified atom stereocenters. The molecule has 0 saturated heterocycles. The molecule has 0 bridgehead atoms. The van der Waals surface area contributed by atoms with Crippen LogP contribution in [0.15, 0.2) is 6.33 Å². The van der Waals surface area contributed by atoms with Crippen molar-refractivity contribution in [3.05, 3.63) is 6.33 Å². The van der Waals surface area contributed by atoms with E-state index in [1.165, 1.54) is 6.33 Å². The summed E-state index contributed by atoms with van der Waals surface area (Å²) in [7, 11) is 0. The van der Waals surface area contributed by atoms with Crippen LogP contribution in [0.4, 0.5) is 24.9 Å². The zero-order chi connectivity index (χ0) is 15.3. The Morgan fingerprint density at radius 2 is 2.00 bits per heavy atom. The third-order valence-electron chi connectivity index (χ3n) is 2.75. The second-order valence-corrected chi connectivity index (χ2v) is 4.57. The number of nitrogens with one attached hydrogen (secondary N) is 3. The lowest BCUT2D eigenvalue weighted by Crippen LogP contribution is -2.12. The van der Waals surface area contributed by atoms with Crippen LogP contribution in [0.2, 0.25) is 0 Å². The molecule has 116 valence electrons. The van der Waals surface area contributed by atoms with Crippen LogP contribution in [0, 0.1) is 0 Å². The molecule has 0 fully saturated rings. The summed E-state index contributed by atoms with van der Waals surface area (Å²) in [6.45, 7) is 2.90. The molecular formula is C12H17F3N6. The Kier molecular flexibility index (Phi) is 4.81. The topological polar surface area (TPSA) is 78.5 Å². The minimum absolute atomic E-state index is 0.0130. The fraction of sp³-hybridized carbons (Fsp3) is 0.583. The van der Waals surface area contributed by atoms with Crippen molar-refractivity contribution in [2.75, 3.05) is 23.7 Å². The molecule has 0 aromatic carbocycles. The first-order valence-electron chi connectivity index (χ1n) is 6.75. The van der Waals surface area contributed by atoms with Crippen LogP contribution in [-0.2, 0) is 0 Å². The lowest BCUT2D eigenvalue weighted by molar-refractivity contribution is -0.134. The van der Waals surface area contributed by atoms with Gasteiger partial charge in [0.2, 0.25) is 5.95 Å². The molecular weight excluding hydrogens is 285 g/mol. The maximum absolute atomic E-state index is 12.1. The van der Waals surface area contributed by atoms with E-state index in [2.05, 4.69) is 30.6 Å². The fourth-order valence-corrected chi connectivity index (χ4v) is 1.77. The van der Waals surface area contributed by atoms with E-state index in [-0.39, 0.29) is 13.0 Å². The second kappa shape index (κ2) is 6.59. The molecule has 2 aromatic heterocycles. The van der Waals surface area contributed by atoms with Gasteiger partial charge >= 0.3 is 6.18 Å². The van der Waals surface area contributed by atoms with Crippen LogP contribution in [0.1, 0.15) is 26.2 Å². The molecule has 9 heteroatoms. The van der Waals surface area contributed by atoms with Gasteiger partial charge in [0, 0.05) is 19.5 Å². The van der Waals surface area contributed by atoms with Gasteiger partial charge in [0.25, 0.3) is 0 Å². The van der Waals surface area contributed by atoms with Crippen LogP contribution >= 0.6 is 0 Å². The first kappa shape index (κ1) is 15.3. The Bertz CT molecular complexity index is 580. The lowest BCUT2D eigenvalue weighted by atomic mass is 10.3. The molecule has 3 N–H and O–H groups in total. The molecule has 0 aliphatic carbocycles. The van der Waals surface area contributed by atoms with Crippen LogP contribution in [0.25, 0.3) is 11.2 Å². The molecule has 6 nitrogen and oxygen atoms in total. The van der Waals surface area contributed by atoms with Crippen LogP contribution in [-0.4, -0.2) is 39.2 Å². The Morgan fingerprint density at radius 3 is 2.71 bits per heavy atom. The predicted molar refractivity (Wildman–Crippen MR) is 74.2 cm³/mol. The average Bonchev–Trinajstić information content (AvgIpc) is 2.88. The van der Waals surface area contributed by atoms with Crippen LogP contribution < -0.4 is 10.6 Å². The van der Waals surface area contributed by atoms with E-state index >= 15 is 0 Å². The number of alkyl halides is 3. The molecule has 0 spiro atoms. The molecule has 2 rings (SSSR count). The Labute approximate surface area is 119 Å². The lowest BCUT2D eigenvalue weighted by Gasteiger charge is -2.10. The molecule has 0 aliphatic rings. The fourth-order valence-electron chi connectivity index (χ4n) is 1.77. The van der Waals surface area contributed by atoms with E-state index in [9.17, 15) is 13.2 Å². The van der Waals surface area contributed by atoms with Gasteiger partial charge in [0.15, 0.2) is 11.5 Å². The number of aromatic amines is 1. The molecule has 0 saturated carbocycles. The van der Waals surface area contributed by atoms with Crippen molar-refractivity contribution in [3.63, 3.8) is 0 Å². The summed E-state index contributed by atoms with van der Waals surface area (Å²) in [5, 5.41) is 5.94. The van der Waals surface area contributed by atoms with Crippen molar-refractivity contribution in [1.29, 1.82) is 0 Å². The highest BCUT2D eigenvalue weighted by molar-refractivity contribution is 5.83.